The molecular formula is C15H17F3N4O2S. The van der Waals surface area contributed by atoms with E-state index in [4.69, 9.17) is 5.26 Å². The first-order valence-corrected chi connectivity index (χ1v) is 8.55. The topological polar surface area (TPSA) is 94.0 Å². The van der Waals surface area contributed by atoms with Crippen molar-refractivity contribution in [3.63, 3.8) is 0 Å². The standard InChI is InChI=1S/C15H17F3N4O2S/c1-25-9-12(13(23)20-8-2-7-19)22-14(24)21-11-5-3-10(4-6-11)15(16,17)18/h3-6,12H,2,8-9H2,1H3,(H,20,23)(H2,21,22,24). The number of nitrogens with one attached hydrogen (secondary N) is 3. The number of amides is 3. The van der Waals surface area contributed by atoms with E-state index in [1.807, 2.05) is 6.07 Å². The Hall–Kier alpha value is -2.41. The lowest BCUT2D eigenvalue weighted by atomic mass is 10.2. The van der Waals surface area contributed by atoms with Gasteiger partial charge < -0.3 is 16.0 Å². The third-order valence-electron chi connectivity index (χ3n) is 2.96. The molecule has 0 radical (unpaired) electrons. The molecule has 0 bridgehead atoms. The molecule has 1 atom stereocenters. The second-order valence-electron chi connectivity index (χ2n) is 4.88. The maximum atomic E-state index is 12.5. The average Bonchev–Trinajstić information content (AvgIpc) is 2.54. The Labute approximate surface area is 147 Å². The number of carbonyl (C=O) groups excluding carboxylic acids is 2. The summed E-state index contributed by atoms with van der Waals surface area (Å²) in [5.74, 6) is -0.133. The summed E-state index contributed by atoms with van der Waals surface area (Å²) >= 11 is 1.34. The molecule has 25 heavy (non-hydrogen) atoms. The van der Waals surface area contributed by atoms with Crippen molar-refractivity contribution in [1.29, 1.82) is 5.26 Å². The summed E-state index contributed by atoms with van der Waals surface area (Å²) in [4.78, 5) is 23.9. The smallest absolute Gasteiger partial charge is 0.353 e. The minimum Gasteiger partial charge on any atom is -0.353 e. The number of halogens is 3. The normalized spacial score (nSPS) is 12.0. The maximum Gasteiger partial charge on any atom is 0.416 e. The number of anilines is 1. The summed E-state index contributed by atoms with van der Waals surface area (Å²) in [5, 5.41) is 15.8. The van der Waals surface area contributed by atoms with E-state index < -0.39 is 29.7 Å². The first kappa shape index (κ1) is 20.6. The molecule has 0 aliphatic rings. The SMILES string of the molecule is CSCC(NC(=O)Nc1ccc(C(F)(F)F)cc1)C(=O)NCCC#N. The van der Waals surface area contributed by atoms with Gasteiger partial charge in [-0.1, -0.05) is 0 Å². The Kier molecular flexibility index (Phi) is 8.07. The van der Waals surface area contributed by atoms with Crippen LogP contribution in [0, 0.1) is 11.3 Å². The molecule has 0 heterocycles. The van der Waals surface area contributed by atoms with E-state index in [0.29, 0.717) is 5.75 Å². The molecule has 3 N–H and O–H groups in total. The monoisotopic (exact) mass is 374 g/mol. The van der Waals surface area contributed by atoms with Gasteiger partial charge in [0.1, 0.15) is 6.04 Å². The van der Waals surface area contributed by atoms with Gasteiger partial charge in [0.15, 0.2) is 0 Å². The van der Waals surface area contributed by atoms with Crippen LogP contribution in [0.15, 0.2) is 24.3 Å². The zero-order valence-electron chi connectivity index (χ0n) is 13.3. The van der Waals surface area contributed by atoms with Crippen LogP contribution in [0.3, 0.4) is 0 Å². The average molecular weight is 374 g/mol. The fourth-order valence-corrected chi connectivity index (χ4v) is 2.35. The van der Waals surface area contributed by atoms with Crippen molar-refractivity contribution in [2.24, 2.45) is 0 Å². The second-order valence-corrected chi connectivity index (χ2v) is 5.79. The number of urea groups is 1. The molecule has 0 aliphatic heterocycles. The molecule has 0 aliphatic carbocycles. The lowest BCUT2D eigenvalue weighted by molar-refractivity contribution is -0.137. The van der Waals surface area contributed by atoms with Crippen LogP contribution < -0.4 is 16.0 Å². The zero-order chi connectivity index (χ0) is 18.9. The van der Waals surface area contributed by atoms with Gasteiger partial charge in [-0.2, -0.15) is 30.2 Å². The highest BCUT2D eigenvalue weighted by atomic mass is 32.2. The van der Waals surface area contributed by atoms with Crippen molar-refractivity contribution in [3.8, 4) is 6.07 Å². The van der Waals surface area contributed by atoms with E-state index in [1.165, 1.54) is 11.8 Å². The predicted octanol–water partition coefficient (Wildman–Crippen LogP) is 2.59. The third-order valence-corrected chi connectivity index (χ3v) is 3.63. The van der Waals surface area contributed by atoms with Crippen LogP contribution in [0.2, 0.25) is 0 Å². The van der Waals surface area contributed by atoms with Crippen LogP contribution >= 0.6 is 11.8 Å². The third kappa shape index (κ3) is 7.34. The van der Waals surface area contributed by atoms with Gasteiger partial charge in [-0.05, 0) is 30.5 Å². The lowest BCUT2D eigenvalue weighted by Crippen LogP contribution is -2.49. The summed E-state index contributed by atoms with van der Waals surface area (Å²) in [7, 11) is 0. The van der Waals surface area contributed by atoms with E-state index in [0.717, 1.165) is 24.3 Å². The molecule has 1 rings (SSSR count). The van der Waals surface area contributed by atoms with E-state index in [1.54, 1.807) is 6.26 Å². The molecule has 136 valence electrons. The molecule has 0 aromatic heterocycles. The van der Waals surface area contributed by atoms with E-state index >= 15 is 0 Å². The molecule has 1 aromatic rings. The lowest BCUT2D eigenvalue weighted by Gasteiger charge is -2.18. The Balaban J connectivity index is 2.62. The highest BCUT2D eigenvalue weighted by molar-refractivity contribution is 7.98. The van der Waals surface area contributed by atoms with Crippen molar-refractivity contribution < 1.29 is 22.8 Å². The first-order valence-electron chi connectivity index (χ1n) is 7.16. The van der Waals surface area contributed by atoms with Crippen LogP contribution in [0.4, 0.5) is 23.7 Å². The molecular weight excluding hydrogens is 357 g/mol. The Morgan fingerprint density at radius 3 is 2.44 bits per heavy atom. The van der Waals surface area contributed by atoms with Gasteiger partial charge in [0.2, 0.25) is 5.91 Å². The van der Waals surface area contributed by atoms with Crippen molar-refractivity contribution >= 4 is 29.4 Å². The summed E-state index contributed by atoms with van der Waals surface area (Å²) in [6, 6.07) is 4.29. The van der Waals surface area contributed by atoms with Gasteiger partial charge in [0.05, 0.1) is 18.1 Å². The van der Waals surface area contributed by atoms with Crippen LogP contribution in [0.5, 0.6) is 0 Å². The maximum absolute atomic E-state index is 12.5. The zero-order valence-corrected chi connectivity index (χ0v) is 14.1. The highest BCUT2D eigenvalue weighted by Crippen LogP contribution is 2.29. The van der Waals surface area contributed by atoms with Gasteiger partial charge in [-0.25, -0.2) is 4.79 Å². The Bertz CT molecular complexity index is 629. The molecule has 0 spiro atoms. The Morgan fingerprint density at radius 2 is 1.92 bits per heavy atom. The predicted molar refractivity (Wildman–Crippen MR) is 89.0 cm³/mol. The summed E-state index contributed by atoms with van der Waals surface area (Å²) in [6.07, 6.45) is -2.55. The number of hydrogen-bond donors (Lipinski definition) is 3. The van der Waals surface area contributed by atoms with Crippen LogP contribution in [0.25, 0.3) is 0 Å². The van der Waals surface area contributed by atoms with Crippen molar-refractivity contribution in [3.05, 3.63) is 29.8 Å². The first-order chi connectivity index (χ1) is 11.8. The summed E-state index contributed by atoms with van der Waals surface area (Å²) in [6.45, 7) is 0.169. The summed E-state index contributed by atoms with van der Waals surface area (Å²) < 4.78 is 37.5. The van der Waals surface area contributed by atoms with E-state index in [-0.39, 0.29) is 18.7 Å². The Morgan fingerprint density at radius 1 is 1.28 bits per heavy atom. The van der Waals surface area contributed by atoms with Gasteiger partial charge in [0, 0.05) is 18.0 Å². The second kappa shape index (κ2) is 9.78. The fourth-order valence-electron chi connectivity index (χ4n) is 1.78. The van der Waals surface area contributed by atoms with E-state index in [2.05, 4.69) is 16.0 Å². The van der Waals surface area contributed by atoms with Crippen LogP contribution in [0.1, 0.15) is 12.0 Å². The number of thioether (sulfide) groups is 1. The van der Waals surface area contributed by atoms with Crippen molar-refractivity contribution in [1.82, 2.24) is 10.6 Å². The van der Waals surface area contributed by atoms with Crippen LogP contribution in [-0.2, 0) is 11.0 Å². The van der Waals surface area contributed by atoms with E-state index in [9.17, 15) is 22.8 Å². The van der Waals surface area contributed by atoms with Gasteiger partial charge in [-0.3, -0.25) is 4.79 Å². The summed E-state index contributed by atoms with van der Waals surface area (Å²) in [5.41, 5.74) is -0.658. The number of nitrogens with zero attached hydrogens (tertiary/aromatic N) is 1. The number of carbonyl (C=O) groups is 2. The number of benzene rings is 1. The van der Waals surface area contributed by atoms with Gasteiger partial charge in [0.25, 0.3) is 0 Å². The number of nitriles is 1. The highest BCUT2D eigenvalue weighted by Gasteiger charge is 2.30. The minimum absolute atomic E-state index is 0.148. The fraction of sp³-hybridized carbons (Fsp3) is 0.400. The van der Waals surface area contributed by atoms with Crippen molar-refractivity contribution in [2.75, 3.05) is 23.9 Å². The quantitative estimate of drug-likeness (QED) is 0.640. The molecule has 1 aromatic carbocycles. The number of hydrogen-bond acceptors (Lipinski definition) is 4. The van der Waals surface area contributed by atoms with Gasteiger partial charge >= 0.3 is 12.2 Å². The molecule has 6 nitrogen and oxygen atoms in total. The molecule has 0 fully saturated rings. The van der Waals surface area contributed by atoms with Crippen LogP contribution in [-0.4, -0.2) is 36.5 Å². The number of rotatable bonds is 7. The molecule has 1 unspecified atom stereocenters. The van der Waals surface area contributed by atoms with Gasteiger partial charge in [-0.15, -0.1) is 0 Å². The largest absolute Gasteiger partial charge is 0.416 e. The van der Waals surface area contributed by atoms with Crippen molar-refractivity contribution in [2.45, 2.75) is 18.6 Å². The molecule has 3 amide bonds. The molecule has 0 saturated heterocycles. The molecule has 10 heteroatoms. The minimum atomic E-state index is -4.45. The molecule has 0 saturated carbocycles. The number of alkyl halides is 3.